The summed E-state index contributed by atoms with van der Waals surface area (Å²) in [5.41, 5.74) is 1.10. The largest absolute Gasteiger partial charge is 0.327 e. The number of pyridine rings is 1. The lowest BCUT2D eigenvalue weighted by Gasteiger charge is -2.17. The number of likely N-dealkylation sites (N-methyl/N-ethyl adjacent to an activating group) is 1. The summed E-state index contributed by atoms with van der Waals surface area (Å²) in [4.78, 5) is 29.6. The Bertz CT molecular complexity index is 569. The van der Waals surface area contributed by atoms with Crippen LogP contribution in [0.3, 0.4) is 0 Å². The van der Waals surface area contributed by atoms with Gasteiger partial charge >= 0.3 is 6.03 Å². The molecule has 3 amide bonds. The van der Waals surface area contributed by atoms with Crippen LogP contribution in [0.2, 0.25) is 0 Å². The maximum atomic E-state index is 11.9. The van der Waals surface area contributed by atoms with Gasteiger partial charge in [0.25, 0.3) is 5.91 Å². The zero-order valence-corrected chi connectivity index (χ0v) is 11.9. The number of hydrogen-bond donors (Lipinski definition) is 1. The summed E-state index contributed by atoms with van der Waals surface area (Å²) in [5, 5.41) is 4.16. The van der Waals surface area contributed by atoms with Crippen molar-refractivity contribution in [1.82, 2.24) is 15.2 Å². The fourth-order valence-corrected chi connectivity index (χ4v) is 2.23. The van der Waals surface area contributed by atoms with E-state index >= 15 is 0 Å². The number of urea groups is 1. The van der Waals surface area contributed by atoms with Crippen molar-refractivity contribution in [2.75, 3.05) is 13.6 Å². The lowest BCUT2D eigenvalue weighted by atomic mass is 10.2. The van der Waals surface area contributed by atoms with Gasteiger partial charge < -0.3 is 4.90 Å². The molecule has 5 nitrogen and oxygen atoms in total. The van der Waals surface area contributed by atoms with Crippen LogP contribution in [-0.4, -0.2) is 35.4 Å². The van der Waals surface area contributed by atoms with E-state index in [0.717, 1.165) is 12.0 Å². The van der Waals surface area contributed by atoms with Gasteiger partial charge in [0.2, 0.25) is 0 Å². The molecule has 6 heteroatoms. The van der Waals surface area contributed by atoms with E-state index in [1.54, 1.807) is 37.0 Å². The van der Waals surface area contributed by atoms with Crippen molar-refractivity contribution in [3.8, 4) is 0 Å². The van der Waals surface area contributed by atoms with E-state index in [1.807, 2.05) is 12.1 Å². The van der Waals surface area contributed by atoms with E-state index in [1.165, 1.54) is 16.2 Å². The maximum absolute atomic E-state index is 11.9. The second kappa shape index (κ2) is 6.81. The van der Waals surface area contributed by atoms with Crippen LogP contribution in [0.4, 0.5) is 4.79 Å². The Hall–Kier alpha value is -2.21. The molecule has 104 valence electrons. The zero-order valence-electron chi connectivity index (χ0n) is 11.1. The molecule has 0 spiro atoms. The molecule has 0 saturated heterocycles. The van der Waals surface area contributed by atoms with Crippen molar-refractivity contribution in [3.63, 3.8) is 0 Å². The number of nitrogens with zero attached hydrogens (tertiary/aromatic N) is 2. The number of imide groups is 1. The van der Waals surface area contributed by atoms with Crippen molar-refractivity contribution in [3.05, 3.63) is 52.5 Å². The molecule has 2 rings (SSSR count). The van der Waals surface area contributed by atoms with Crippen LogP contribution in [0.5, 0.6) is 0 Å². The van der Waals surface area contributed by atoms with E-state index in [4.69, 9.17) is 0 Å². The molecule has 2 aromatic rings. The fourth-order valence-electron chi connectivity index (χ4n) is 1.61. The first-order chi connectivity index (χ1) is 9.66. The summed E-state index contributed by atoms with van der Waals surface area (Å²) < 4.78 is 0. The minimum Gasteiger partial charge on any atom is -0.327 e. The van der Waals surface area contributed by atoms with Gasteiger partial charge in [-0.3, -0.25) is 15.1 Å². The fraction of sp³-hybridized carbons (Fsp3) is 0.214. The molecule has 0 aliphatic carbocycles. The van der Waals surface area contributed by atoms with E-state index in [-0.39, 0.29) is 5.91 Å². The highest BCUT2D eigenvalue weighted by atomic mass is 32.1. The molecule has 0 aliphatic heterocycles. The SMILES string of the molecule is CN(CCc1ccncc1)C(=O)NC(=O)c1cccs1. The number of aromatic nitrogens is 1. The van der Waals surface area contributed by atoms with Gasteiger partial charge in [0, 0.05) is 26.0 Å². The highest BCUT2D eigenvalue weighted by Gasteiger charge is 2.14. The predicted molar refractivity (Wildman–Crippen MR) is 77.8 cm³/mol. The third-order valence-electron chi connectivity index (χ3n) is 2.80. The molecule has 1 N–H and O–H groups in total. The summed E-state index contributed by atoms with van der Waals surface area (Å²) in [6.07, 6.45) is 4.16. The molecule has 2 aromatic heterocycles. The quantitative estimate of drug-likeness (QED) is 0.938. The van der Waals surface area contributed by atoms with Crippen molar-refractivity contribution >= 4 is 23.3 Å². The smallest absolute Gasteiger partial charge is 0.324 e. The highest BCUT2D eigenvalue weighted by molar-refractivity contribution is 7.12. The topological polar surface area (TPSA) is 62.3 Å². The average Bonchev–Trinajstić information content (AvgIpc) is 3.00. The van der Waals surface area contributed by atoms with Crippen molar-refractivity contribution < 1.29 is 9.59 Å². The molecule has 0 fully saturated rings. The molecule has 2 heterocycles. The van der Waals surface area contributed by atoms with Crippen molar-refractivity contribution in [2.24, 2.45) is 0 Å². The number of rotatable bonds is 4. The lowest BCUT2D eigenvalue weighted by molar-refractivity contribution is 0.0959. The second-order valence-electron chi connectivity index (χ2n) is 4.26. The van der Waals surface area contributed by atoms with E-state index in [9.17, 15) is 9.59 Å². The summed E-state index contributed by atoms with van der Waals surface area (Å²) in [5.74, 6) is -0.360. The lowest BCUT2D eigenvalue weighted by Crippen LogP contribution is -2.41. The number of hydrogen-bond acceptors (Lipinski definition) is 4. The molecule has 0 atom stereocenters. The Kier molecular flexibility index (Phi) is 4.84. The molecule has 0 unspecified atom stereocenters. The molecule has 0 aliphatic rings. The first-order valence-electron chi connectivity index (χ1n) is 6.15. The molecule has 20 heavy (non-hydrogen) atoms. The van der Waals surface area contributed by atoms with E-state index in [0.29, 0.717) is 11.4 Å². The van der Waals surface area contributed by atoms with Gasteiger partial charge in [-0.15, -0.1) is 11.3 Å². The number of nitrogens with one attached hydrogen (secondary N) is 1. The Morgan fingerprint density at radius 3 is 2.70 bits per heavy atom. The first-order valence-corrected chi connectivity index (χ1v) is 7.03. The molecule has 0 radical (unpaired) electrons. The van der Waals surface area contributed by atoms with Crippen LogP contribution in [0, 0.1) is 0 Å². The van der Waals surface area contributed by atoms with Crippen LogP contribution in [0.1, 0.15) is 15.2 Å². The monoisotopic (exact) mass is 289 g/mol. The van der Waals surface area contributed by atoms with Gasteiger partial charge in [-0.1, -0.05) is 6.07 Å². The van der Waals surface area contributed by atoms with Crippen molar-refractivity contribution in [1.29, 1.82) is 0 Å². The summed E-state index contributed by atoms with van der Waals surface area (Å²) in [6.45, 7) is 0.535. The van der Waals surface area contributed by atoms with Crippen molar-refractivity contribution in [2.45, 2.75) is 6.42 Å². The summed E-state index contributed by atoms with van der Waals surface area (Å²) in [7, 11) is 1.66. The maximum Gasteiger partial charge on any atom is 0.324 e. The number of carbonyl (C=O) groups is 2. The van der Waals surface area contributed by atoms with Gasteiger partial charge in [0.1, 0.15) is 0 Å². The standard InChI is InChI=1S/C14H15N3O2S/c1-17(9-6-11-4-7-15-8-5-11)14(19)16-13(18)12-3-2-10-20-12/h2-5,7-8,10H,6,9H2,1H3,(H,16,18,19). The minimum atomic E-state index is -0.391. The molecule has 0 saturated carbocycles. The van der Waals surface area contributed by atoms with E-state index < -0.39 is 6.03 Å². The van der Waals surface area contributed by atoms with Crippen LogP contribution in [0.15, 0.2) is 42.0 Å². The first kappa shape index (κ1) is 14.2. The molecule has 0 bridgehead atoms. The van der Waals surface area contributed by atoms with Gasteiger partial charge in [-0.05, 0) is 35.6 Å². The van der Waals surface area contributed by atoms with Gasteiger partial charge in [0.05, 0.1) is 4.88 Å². The summed E-state index contributed by atoms with van der Waals surface area (Å²) in [6, 6.07) is 6.88. The molecular formula is C14H15N3O2S. The van der Waals surface area contributed by atoms with Crippen LogP contribution < -0.4 is 5.32 Å². The highest BCUT2D eigenvalue weighted by Crippen LogP contribution is 2.08. The Labute approximate surface area is 121 Å². The van der Waals surface area contributed by atoms with E-state index in [2.05, 4.69) is 10.3 Å². The van der Waals surface area contributed by atoms with Gasteiger partial charge in [0.15, 0.2) is 0 Å². The van der Waals surface area contributed by atoms with Gasteiger partial charge in [-0.2, -0.15) is 0 Å². The number of thiophene rings is 1. The van der Waals surface area contributed by atoms with Crippen LogP contribution in [0.25, 0.3) is 0 Å². The Morgan fingerprint density at radius 1 is 1.30 bits per heavy atom. The Balaban J connectivity index is 1.82. The third-order valence-corrected chi connectivity index (χ3v) is 3.67. The van der Waals surface area contributed by atoms with Gasteiger partial charge in [-0.25, -0.2) is 4.79 Å². The molecular weight excluding hydrogens is 274 g/mol. The number of carbonyl (C=O) groups excluding carboxylic acids is 2. The zero-order chi connectivity index (χ0) is 14.4. The second-order valence-corrected chi connectivity index (χ2v) is 5.21. The molecule has 0 aromatic carbocycles. The van der Waals surface area contributed by atoms with Crippen LogP contribution in [-0.2, 0) is 6.42 Å². The predicted octanol–water partition coefficient (Wildman–Crippen LogP) is 2.17. The normalized spacial score (nSPS) is 10.1. The minimum absolute atomic E-state index is 0.360. The number of amides is 3. The van der Waals surface area contributed by atoms with Crippen LogP contribution >= 0.6 is 11.3 Å². The summed E-state index contributed by atoms with van der Waals surface area (Å²) >= 11 is 1.31. The third kappa shape index (κ3) is 3.89. The average molecular weight is 289 g/mol. The Morgan fingerprint density at radius 2 is 2.05 bits per heavy atom.